The molecule has 2 N–H and O–H groups in total. The van der Waals surface area contributed by atoms with Crippen LogP contribution in [0.5, 0.6) is 0 Å². The number of hydrogen-bond donors (Lipinski definition) is 2. The first-order chi connectivity index (χ1) is 12.2. The van der Waals surface area contributed by atoms with Crippen molar-refractivity contribution in [2.45, 2.75) is 12.8 Å². The fraction of sp³-hybridized carbons (Fsp3) is 0.350. The van der Waals surface area contributed by atoms with Crippen molar-refractivity contribution in [1.82, 2.24) is 4.90 Å². The largest absolute Gasteiger partial charge is 1.00 e. The quantitative estimate of drug-likeness (QED) is 0.703. The third kappa shape index (κ3) is 6.32. The Kier molecular flexibility index (Phi) is 8.45. The summed E-state index contributed by atoms with van der Waals surface area (Å²) in [6, 6.07) is 18.7. The molecule has 0 spiro atoms. The number of anilines is 3. The maximum atomic E-state index is 10.6. The van der Waals surface area contributed by atoms with Crippen LogP contribution in [0.15, 0.2) is 54.6 Å². The van der Waals surface area contributed by atoms with E-state index in [2.05, 4.69) is 51.5 Å². The summed E-state index contributed by atoms with van der Waals surface area (Å²) in [6.45, 7) is 4.82. The van der Waals surface area contributed by atoms with E-state index in [1.165, 1.54) is 5.69 Å². The smallest absolute Gasteiger partial charge is 1.00 e. The summed E-state index contributed by atoms with van der Waals surface area (Å²) in [7, 11) is 0. The van der Waals surface area contributed by atoms with Crippen molar-refractivity contribution in [2.24, 2.45) is 0 Å². The molecule has 0 unspecified atom stereocenters. The molecular formula is C20H26N3NaO2. The third-order valence-corrected chi connectivity index (χ3v) is 4.53. The summed E-state index contributed by atoms with van der Waals surface area (Å²) >= 11 is 0. The predicted molar refractivity (Wildman–Crippen MR) is 103 cm³/mol. The number of hydrogen-bond acceptors (Lipinski definition) is 4. The van der Waals surface area contributed by atoms with Gasteiger partial charge >= 0.3 is 35.5 Å². The van der Waals surface area contributed by atoms with Crippen LogP contribution in [0, 0.1) is 0 Å². The van der Waals surface area contributed by atoms with Gasteiger partial charge in [0.1, 0.15) is 0 Å². The van der Waals surface area contributed by atoms with E-state index in [4.69, 9.17) is 5.11 Å². The fourth-order valence-corrected chi connectivity index (χ4v) is 3.13. The SMILES string of the molecule is O=C(O)CCCN1CCN(c2ccc(Nc3ccccc3)cc2)CC1.[H-].[Na+]. The number of carboxylic acid groups (broad SMARTS) is 1. The summed E-state index contributed by atoms with van der Waals surface area (Å²) < 4.78 is 0. The molecule has 0 saturated carbocycles. The predicted octanol–water partition coefficient (Wildman–Crippen LogP) is 0.534. The van der Waals surface area contributed by atoms with Crippen molar-refractivity contribution in [3.63, 3.8) is 0 Å². The number of nitrogens with zero attached hydrogens (tertiary/aromatic N) is 2. The van der Waals surface area contributed by atoms with Crippen LogP contribution in [-0.2, 0) is 4.79 Å². The molecule has 6 heteroatoms. The van der Waals surface area contributed by atoms with E-state index in [1.54, 1.807) is 0 Å². The molecule has 0 aliphatic carbocycles. The molecule has 0 bridgehead atoms. The fourth-order valence-electron chi connectivity index (χ4n) is 3.13. The molecule has 1 saturated heterocycles. The van der Waals surface area contributed by atoms with E-state index >= 15 is 0 Å². The Bertz CT molecular complexity index is 677. The summed E-state index contributed by atoms with van der Waals surface area (Å²) in [6.07, 6.45) is 0.991. The van der Waals surface area contributed by atoms with Crippen LogP contribution in [0.4, 0.5) is 17.1 Å². The number of carboxylic acids is 1. The second-order valence-electron chi connectivity index (χ2n) is 6.36. The molecule has 1 heterocycles. The van der Waals surface area contributed by atoms with Crippen molar-refractivity contribution in [3.8, 4) is 0 Å². The van der Waals surface area contributed by atoms with Crippen LogP contribution in [0.2, 0.25) is 0 Å². The number of nitrogens with one attached hydrogen (secondary N) is 1. The van der Waals surface area contributed by atoms with Gasteiger partial charge in [-0.25, -0.2) is 0 Å². The Morgan fingerprint density at radius 1 is 0.962 bits per heavy atom. The number of benzene rings is 2. The molecule has 1 aliphatic rings. The normalized spacial score (nSPS) is 14.5. The zero-order valence-electron chi connectivity index (χ0n) is 16.4. The van der Waals surface area contributed by atoms with Gasteiger partial charge in [0.2, 0.25) is 0 Å². The van der Waals surface area contributed by atoms with E-state index in [0.717, 1.165) is 50.5 Å². The van der Waals surface area contributed by atoms with Gasteiger partial charge in [-0.15, -0.1) is 0 Å². The zero-order chi connectivity index (χ0) is 17.5. The Labute approximate surface area is 178 Å². The zero-order valence-corrected chi connectivity index (χ0v) is 17.4. The number of piperazine rings is 1. The Hall–Kier alpha value is -1.53. The average Bonchev–Trinajstić information content (AvgIpc) is 2.64. The van der Waals surface area contributed by atoms with Crippen LogP contribution in [0.25, 0.3) is 0 Å². The summed E-state index contributed by atoms with van der Waals surface area (Å²) in [5, 5.41) is 12.1. The summed E-state index contributed by atoms with van der Waals surface area (Å²) in [5.74, 6) is -0.706. The van der Waals surface area contributed by atoms with Gasteiger partial charge < -0.3 is 16.7 Å². The van der Waals surface area contributed by atoms with E-state index < -0.39 is 5.97 Å². The third-order valence-electron chi connectivity index (χ3n) is 4.53. The van der Waals surface area contributed by atoms with Crippen molar-refractivity contribution in [1.29, 1.82) is 0 Å². The van der Waals surface area contributed by atoms with Gasteiger partial charge in [-0.1, -0.05) is 18.2 Å². The van der Waals surface area contributed by atoms with Crippen molar-refractivity contribution < 1.29 is 40.9 Å². The first-order valence-corrected chi connectivity index (χ1v) is 8.82. The molecular weight excluding hydrogens is 337 g/mol. The van der Waals surface area contributed by atoms with Gasteiger partial charge in [-0.05, 0) is 49.4 Å². The molecule has 26 heavy (non-hydrogen) atoms. The van der Waals surface area contributed by atoms with Gasteiger partial charge in [0, 0.05) is 49.7 Å². The van der Waals surface area contributed by atoms with Crippen LogP contribution >= 0.6 is 0 Å². The first-order valence-electron chi connectivity index (χ1n) is 8.82. The molecule has 0 amide bonds. The monoisotopic (exact) mass is 363 g/mol. The van der Waals surface area contributed by atoms with Gasteiger partial charge in [0.05, 0.1) is 0 Å². The Balaban J connectivity index is 0.00000182. The van der Waals surface area contributed by atoms with E-state index in [9.17, 15) is 4.79 Å². The molecule has 0 aromatic heterocycles. The van der Waals surface area contributed by atoms with E-state index in [-0.39, 0.29) is 37.4 Å². The molecule has 1 fully saturated rings. The minimum Gasteiger partial charge on any atom is -1.00 e. The first kappa shape index (κ1) is 20.8. The van der Waals surface area contributed by atoms with Crippen molar-refractivity contribution in [3.05, 3.63) is 54.6 Å². The molecule has 3 rings (SSSR count). The van der Waals surface area contributed by atoms with Crippen LogP contribution in [-0.4, -0.2) is 48.7 Å². The molecule has 134 valence electrons. The van der Waals surface area contributed by atoms with Gasteiger partial charge in [-0.2, -0.15) is 0 Å². The van der Waals surface area contributed by atoms with E-state index in [1.807, 2.05) is 18.2 Å². The van der Waals surface area contributed by atoms with Gasteiger partial charge in [-0.3, -0.25) is 9.69 Å². The summed E-state index contributed by atoms with van der Waals surface area (Å²) in [5.41, 5.74) is 3.41. The molecule has 1 aliphatic heterocycles. The Morgan fingerprint density at radius 3 is 2.19 bits per heavy atom. The Morgan fingerprint density at radius 2 is 1.58 bits per heavy atom. The van der Waals surface area contributed by atoms with Gasteiger partial charge in [0.25, 0.3) is 0 Å². The topological polar surface area (TPSA) is 55.8 Å². The number of para-hydroxylation sites is 1. The molecule has 0 atom stereocenters. The molecule has 5 nitrogen and oxygen atoms in total. The van der Waals surface area contributed by atoms with Crippen molar-refractivity contribution >= 4 is 23.0 Å². The maximum Gasteiger partial charge on any atom is 1.00 e. The second-order valence-corrected chi connectivity index (χ2v) is 6.36. The second kappa shape index (κ2) is 10.6. The number of carbonyl (C=O) groups is 1. The number of rotatable bonds is 7. The average molecular weight is 363 g/mol. The van der Waals surface area contributed by atoms with Gasteiger partial charge in [0.15, 0.2) is 0 Å². The minimum absolute atomic E-state index is 0. The minimum atomic E-state index is -0.706. The van der Waals surface area contributed by atoms with Crippen molar-refractivity contribution in [2.75, 3.05) is 42.9 Å². The summed E-state index contributed by atoms with van der Waals surface area (Å²) in [4.78, 5) is 15.3. The maximum absolute atomic E-state index is 10.6. The molecule has 0 radical (unpaired) electrons. The molecule has 2 aromatic rings. The molecule has 2 aromatic carbocycles. The number of aliphatic carboxylic acids is 1. The van der Waals surface area contributed by atoms with Crippen LogP contribution < -0.4 is 39.8 Å². The standard InChI is InChI=1S/C20H25N3O2.Na.H/c24-20(25)7-4-12-22-13-15-23(16-14-22)19-10-8-18(9-11-19)21-17-5-2-1-3-6-17;;/h1-3,5-6,8-11,21H,4,7,12-16H2,(H,24,25);;/q;+1;-1. The van der Waals surface area contributed by atoms with Crippen LogP contribution in [0.1, 0.15) is 14.3 Å². The van der Waals surface area contributed by atoms with E-state index in [0.29, 0.717) is 0 Å². The van der Waals surface area contributed by atoms with Crippen LogP contribution in [0.3, 0.4) is 0 Å².